The summed E-state index contributed by atoms with van der Waals surface area (Å²) in [4.78, 5) is 16.2. The molecule has 2 saturated heterocycles. The van der Waals surface area contributed by atoms with Gasteiger partial charge in [0.05, 0.1) is 11.1 Å². The van der Waals surface area contributed by atoms with E-state index in [0.717, 1.165) is 38.8 Å². The number of rotatable bonds is 6. The minimum absolute atomic E-state index is 0.255. The predicted molar refractivity (Wildman–Crippen MR) is 87.9 cm³/mol. The summed E-state index contributed by atoms with van der Waals surface area (Å²) in [5.41, 5.74) is -0.510. The molecule has 2 heterocycles. The highest BCUT2D eigenvalue weighted by molar-refractivity contribution is 6.19. The molecule has 0 radical (unpaired) electrons. The molecule has 0 aromatic carbocycles. The zero-order valence-electron chi connectivity index (χ0n) is 13.4. The lowest BCUT2D eigenvalue weighted by atomic mass is 10.0. The van der Waals surface area contributed by atoms with Crippen molar-refractivity contribution in [2.24, 2.45) is 0 Å². The predicted octanol–water partition coefficient (Wildman–Crippen LogP) is 2.55. The topological polar surface area (TPSA) is 42.0 Å². The minimum atomic E-state index is -0.630. The molecule has 0 spiro atoms. The highest BCUT2D eigenvalue weighted by atomic mass is 35.5. The van der Waals surface area contributed by atoms with Crippen LogP contribution in [0.1, 0.15) is 25.7 Å². The van der Waals surface area contributed by atoms with Crippen molar-refractivity contribution in [3.63, 3.8) is 0 Å². The van der Waals surface area contributed by atoms with Crippen LogP contribution in [-0.4, -0.2) is 79.2 Å². The fourth-order valence-corrected chi connectivity index (χ4v) is 4.18. The van der Waals surface area contributed by atoms with Crippen LogP contribution in [0.4, 0.5) is 4.79 Å². The molecule has 0 amide bonds. The van der Waals surface area contributed by atoms with Crippen molar-refractivity contribution >= 4 is 29.4 Å². The Bertz CT molecular complexity index is 365. The maximum atomic E-state index is 11.9. The van der Waals surface area contributed by atoms with Crippen LogP contribution >= 0.6 is 23.2 Å². The summed E-state index contributed by atoms with van der Waals surface area (Å²) < 4.78 is 10.7. The number of alkyl halides is 2. The van der Waals surface area contributed by atoms with Crippen LogP contribution < -0.4 is 0 Å². The fourth-order valence-electron chi connectivity index (χ4n) is 3.35. The van der Waals surface area contributed by atoms with E-state index in [4.69, 9.17) is 32.7 Å². The van der Waals surface area contributed by atoms with Crippen LogP contribution in [0.5, 0.6) is 0 Å². The molecule has 128 valence electrons. The van der Waals surface area contributed by atoms with Gasteiger partial charge in [-0.2, -0.15) is 0 Å². The third-order valence-electron chi connectivity index (χ3n) is 5.31. The summed E-state index contributed by atoms with van der Waals surface area (Å²) in [6.45, 7) is 2.50. The number of ether oxygens (including phenoxy) is 2. The number of carbonyl (C=O) groups is 1. The van der Waals surface area contributed by atoms with Gasteiger partial charge >= 0.3 is 6.16 Å². The van der Waals surface area contributed by atoms with Crippen LogP contribution in [0.2, 0.25) is 0 Å². The lowest BCUT2D eigenvalue weighted by Crippen LogP contribution is -2.49. The lowest BCUT2D eigenvalue weighted by Gasteiger charge is -2.35. The molecular formula is C15H26Cl2N2O3. The van der Waals surface area contributed by atoms with Gasteiger partial charge in [0.25, 0.3) is 0 Å². The molecule has 0 bridgehead atoms. The summed E-state index contributed by atoms with van der Waals surface area (Å²) in [5, 5.41) is 0. The molecule has 0 aromatic rings. The summed E-state index contributed by atoms with van der Waals surface area (Å²) in [5.74, 6) is 0.899. The second kappa shape index (κ2) is 7.56. The number of hydrogen-bond acceptors (Lipinski definition) is 5. The van der Waals surface area contributed by atoms with E-state index in [9.17, 15) is 4.79 Å². The van der Waals surface area contributed by atoms with Crippen LogP contribution in [0.15, 0.2) is 0 Å². The molecule has 0 aliphatic carbocycles. The average molecular weight is 353 g/mol. The molecule has 7 heteroatoms. The van der Waals surface area contributed by atoms with Crippen LogP contribution in [0, 0.1) is 0 Å². The Morgan fingerprint density at radius 1 is 0.955 bits per heavy atom. The largest absolute Gasteiger partial charge is 0.508 e. The zero-order valence-corrected chi connectivity index (χ0v) is 15.0. The van der Waals surface area contributed by atoms with E-state index < -0.39 is 6.16 Å². The normalized spacial score (nSPS) is 33.3. The van der Waals surface area contributed by atoms with E-state index in [2.05, 4.69) is 9.80 Å². The zero-order chi connectivity index (χ0) is 16.2. The Balaban J connectivity index is 1.81. The fraction of sp³-hybridized carbons (Fsp3) is 0.933. The van der Waals surface area contributed by atoms with Gasteiger partial charge < -0.3 is 9.47 Å². The number of hydrogen-bond donors (Lipinski definition) is 0. The molecule has 2 fully saturated rings. The van der Waals surface area contributed by atoms with E-state index in [-0.39, 0.29) is 24.3 Å². The maximum Gasteiger partial charge on any atom is 0.508 e. The quantitative estimate of drug-likeness (QED) is 0.542. The molecule has 2 atom stereocenters. The van der Waals surface area contributed by atoms with Crippen molar-refractivity contribution < 1.29 is 14.3 Å². The van der Waals surface area contributed by atoms with Crippen molar-refractivity contribution in [3.8, 4) is 0 Å². The van der Waals surface area contributed by atoms with Crippen molar-refractivity contribution in [1.82, 2.24) is 9.80 Å². The molecule has 2 aliphatic heterocycles. The summed E-state index contributed by atoms with van der Waals surface area (Å²) in [6, 6.07) is 0. The number of nitrogens with zero attached hydrogens (tertiary/aromatic N) is 2. The molecule has 2 aliphatic rings. The van der Waals surface area contributed by atoms with Crippen molar-refractivity contribution in [1.29, 1.82) is 0 Å². The van der Waals surface area contributed by atoms with E-state index >= 15 is 0 Å². The second-order valence-electron chi connectivity index (χ2n) is 6.59. The highest BCUT2D eigenvalue weighted by Gasteiger charge is 2.41. The van der Waals surface area contributed by atoms with Gasteiger partial charge in [0, 0.05) is 11.8 Å². The first kappa shape index (κ1) is 18.1. The van der Waals surface area contributed by atoms with Gasteiger partial charge in [-0.25, -0.2) is 4.79 Å². The van der Waals surface area contributed by atoms with Gasteiger partial charge in [-0.15, -0.1) is 23.2 Å². The molecule has 5 nitrogen and oxygen atoms in total. The van der Waals surface area contributed by atoms with Crippen molar-refractivity contribution in [3.05, 3.63) is 0 Å². The average Bonchev–Trinajstić information content (AvgIpc) is 3.07. The van der Waals surface area contributed by atoms with Crippen LogP contribution in [-0.2, 0) is 9.47 Å². The van der Waals surface area contributed by atoms with Gasteiger partial charge in [0.1, 0.15) is 13.2 Å². The first-order valence-corrected chi connectivity index (χ1v) is 8.89. The summed E-state index contributed by atoms with van der Waals surface area (Å²) in [6.07, 6.45) is 3.39. The Morgan fingerprint density at radius 2 is 1.36 bits per heavy atom. The minimum Gasteiger partial charge on any atom is -0.432 e. The first-order valence-electron chi connectivity index (χ1n) is 7.82. The smallest absolute Gasteiger partial charge is 0.432 e. The number of carbonyl (C=O) groups excluding carboxylic acids is 1. The SMILES string of the molecule is CN1CCC[C@]1(CCl)COC(=O)OC[C@@]1(CCl)CCCN1C. The molecule has 0 saturated carbocycles. The molecule has 0 aromatic heterocycles. The van der Waals surface area contributed by atoms with E-state index in [1.807, 2.05) is 14.1 Å². The van der Waals surface area contributed by atoms with Gasteiger partial charge in [-0.05, 0) is 52.9 Å². The van der Waals surface area contributed by atoms with E-state index in [0.29, 0.717) is 11.8 Å². The van der Waals surface area contributed by atoms with Crippen LogP contribution in [0.25, 0.3) is 0 Å². The van der Waals surface area contributed by atoms with E-state index in [1.54, 1.807) is 0 Å². The van der Waals surface area contributed by atoms with Gasteiger partial charge in [0.2, 0.25) is 0 Å². The monoisotopic (exact) mass is 352 g/mol. The van der Waals surface area contributed by atoms with Crippen molar-refractivity contribution in [2.45, 2.75) is 36.8 Å². The highest BCUT2D eigenvalue weighted by Crippen LogP contribution is 2.31. The third kappa shape index (κ3) is 3.64. The Labute approximate surface area is 142 Å². The molecule has 0 N–H and O–H groups in total. The second-order valence-corrected chi connectivity index (χ2v) is 7.13. The Morgan fingerprint density at radius 3 is 1.64 bits per heavy atom. The maximum absolute atomic E-state index is 11.9. The molecule has 0 unspecified atom stereocenters. The summed E-state index contributed by atoms with van der Waals surface area (Å²) >= 11 is 12.2. The van der Waals surface area contributed by atoms with Gasteiger partial charge in [-0.1, -0.05) is 0 Å². The Hall–Kier alpha value is -0.230. The summed E-state index contributed by atoms with van der Waals surface area (Å²) in [7, 11) is 4.03. The van der Waals surface area contributed by atoms with Gasteiger partial charge in [-0.3, -0.25) is 9.80 Å². The van der Waals surface area contributed by atoms with Crippen LogP contribution in [0.3, 0.4) is 0 Å². The van der Waals surface area contributed by atoms with Crippen molar-refractivity contribution in [2.75, 3.05) is 52.2 Å². The number of likely N-dealkylation sites (tertiary alicyclic amines) is 2. The molecular weight excluding hydrogens is 327 g/mol. The van der Waals surface area contributed by atoms with Gasteiger partial charge in [0.15, 0.2) is 0 Å². The lowest BCUT2D eigenvalue weighted by molar-refractivity contribution is -0.00275. The Kier molecular flexibility index (Phi) is 6.22. The molecule has 22 heavy (non-hydrogen) atoms. The standard InChI is InChI=1S/C15H26Cl2N2O3/c1-18-7-3-5-14(18,9-16)11-21-13(20)22-12-15(10-17)6-4-8-19(15)2/h3-12H2,1-2H3/t14-,15-/m0/s1. The van der Waals surface area contributed by atoms with E-state index in [1.165, 1.54) is 0 Å². The molecule has 2 rings (SSSR count). The first-order chi connectivity index (χ1) is 10.5. The number of halogens is 2. The third-order valence-corrected chi connectivity index (χ3v) is 6.30. The number of likely N-dealkylation sites (N-methyl/N-ethyl adjacent to an activating group) is 2.